The molecule has 3 N–H and O–H groups in total. The molecular weight excluding hydrogens is 286 g/mol. The molecule has 1 saturated heterocycles. The highest BCUT2D eigenvalue weighted by molar-refractivity contribution is 7.89. The number of nitrogens with zero attached hydrogens (tertiary/aromatic N) is 1. The Hall–Kier alpha value is -1.11. The highest BCUT2D eigenvalue weighted by Crippen LogP contribution is 2.25. The third-order valence-electron chi connectivity index (χ3n) is 4.13. The Kier molecular flexibility index (Phi) is 5.24. The van der Waals surface area contributed by atoms with Gasteiger partial charge in [-0.3, -0.25) is 0 Å². The predicted molar refractivity (Wildman–Crippen MR) is 85.9 cm³/mol. The summed E-state index contributed by atoms with van der Waals surface area (Å²) in [6, 6.07) is 7.36. The van der Waals surface area contributed by atoms with Gasteiger partial charge in [-0.05, 0) is 49.9 Å². The molecule has 1 heterocycles. The molecule has 0 aromatic heterocycles. The first-order chi connectivity index (χ1) is 9.94. The number of hydrogen-bond acceptors (Lipinski definition) is 4. The molecule has 6 heteroatoms. The normalized spacial score (nSPS) is 18.7. The monoisotopic (exact) mass is 311 g/mol. The van der Waals surface area contributed by atoms with E-state index in [1.165, 1.54) is 0 Å². The van der Waals surface area contributed by atoms with Crippen LogP contribution in [-0.4, -0.2) is 34.1 Å². The van der Waals surface area contributed by atoms with Gasteiger partial charge in [-0.15, -0.1) is 0 Å². The van der Waals surface area contributed by atoms with Crippen molar-refractivity contribution >= 4 is 15.7 Å². The van der Waals surface area contributed by atoms with E-state index in [1.807, 2.05) is 12.1 Å². The minimum absolute atomic E-state index is 0.250. The molecular formula is C15H25N3O2S. The minimum Gasteiger partial charge on any atom is -0.372 e. The topological polar surface area (TPSA) is 75.4 Å². The summed E-state index contributed by atoms with van der Waals surface area (Å²) in [4.78, 5) is 2.61. The van der Waals surface area contributed by atoms with E-state index in [1.54, 1.807) is 19.1 Å². The Morgan fingerprint density at radius 1 is 1.29 bits per heavy atom. The zero-order valence-electron chi connectivity index (χ0n) is 12.7. The lowest BCUT2D eigenvalue weighted by atomic mass is 9.91. The number of sulfonamides is 1. The molecule has 1 aliphatic heterocycles. The van der Waals surface area contributed by atoms with Crippen LogP contribution in [-0.2, 0) is 10.0 Å². The predicted octanol–water partition coefficient (Wildman–Crippen LogP) is 1.55. The van der Waals surface area contributed by atoms with Gasteiger partial charge in [-0.2, -0.15) is 0 Å². The maximum absolute atomic E-state index is 11.9. The van der Waals surface area contributed by atoms with E-state index in [0.29, 0.717) is 17.4 Å². The Labute approximate surface area is 127 Å². The zero-order valence-corrected chi connectivity index (χ0v) is 13.6. The first-order valence-electron chi connectivity index (χ1n) is 7.54. The summed E-state index contributed by atoms with van der Waals surface area (Å²) >= 11 is 0. The fraction of sp³-hybridized carbons (Fsp3) is 0.600. The average molecular weight is 311 g/mol. The number of rotatable bonds is 5. The highest BCUT2D eigenvalue weighted by Gasteiger charge is 2.22. The van der Waals surface area contributed by atoms with Crippen LogP contribution in [0.15, 0.2) is 29.2 Å². The van der Waals surface area contributed by atoms with Gasteiger partial charge in [0.1, 0.15) is 0 Å². The summed E-state index contributed by atoms with van der Waals surface area (Å²) in [7, 11) is -3.36. The summed E-state index contributed by atoms with van der Waals surface area (Å²) in [5.74, 6) is 0.592. The number of anilines is 1. The van der Waals surface area contributed by atoms with Crippen molar-refractivity contribution in [3.05, 3.63) is 24.3 Å². The molecule has 118 valence electrons. The van der Waals surface area contributed by atoms with Crippen molar-refractivity contribution in [3.63, 3.8) is 0 Å². The first kappa shape index (κ1) is 16.3. The van der Waals surface area contributed by atoms with Crippen molar-refractivity contribution in [3.8, 4) is 0 Å². The van der Waals surface area contributed by atoms with Gasteiger partial charge in [-0.1, -0.05) is 6.92 Å². The van der Waals surface area contributed by atoms with Crippen LogP contribution in [0.25, 0.3) is 0 Å². The van der Waals surface area contributed by atoms with Crippen LogP contribution in [0, 0.1) is 5.92 Å². The SMILES string of the molecule is CCNS(=O)(=O)c1ccc(N2CCC(C(C)N)CC2)cc1. The molecule has 5 nitrogen and oxygen atoms in total. The number of hydrogen-bond donors (Lipinski definition) is 2. The second kappa shape index (κ2) is 6.77. The summed E-state index contributed by atoms with van der Waals surface area (Å²) < 4.78 is 26.3. The van der Waals surface area contributed by atoms with Crippen LogP contribution < -0.4 is 15.4 Å². The van der Waals surface area contributed by atoms with E-state index in [2.05, 4.69) is 16.5 Å². The molecule has 21 heavy (non-hydrogen) atoms. The number of benzene rings is 1. The third-order valence-corrected chi connectivity index (χ3v) is 5.69. The van der Waals surface area contributed by atoms with Gasteiger partial charge in [0.15, 0.2) is 0 Å². The molecule has 0 aliphatic carbocycles. The third kappa shape index (κ3) is 3.96. The molecule has 1 fully saturated rings. The maximum Gasteiger partial charge on any atom is 0.240 e. The van der Waals surface area contributed by atoms with Crippen LogP contribution in [0.5, 0.6) is 0 Å². The highest BCUT2D eigenvalue weighted by atomic mass is 32.2. The van der Waals surface area contributed by atoms with Crippen molar-refractivity contribution in [2.45, 2.75) is 37.6 Å². The second-order valence-corrected chi connectivity index (χ2v) is 7.45. The van der Waals surface area contributed by atoms with E-state index >= 15 is 0 Å². The molecule has 2 rings (SSSR count). The lowest BCUT2D eigenvalue weighted by molar-refractivity contribution is 0.354. The molecule has 1 aliphatic rings. The molecule has 1 aromatic rings. The van der Waals surface area contributed by atoms with Crippen molar-refractivity contribution in [2.24, 2.45) is 11.7 Å². The fourth-order valence-electron chi connectivity index (χ4n) is 2.79. The number of nitrogens with one attached hydrogen (secondary N) is 1. The van der Waals surface area contributed by atoms with Crippen LogP contribution in [0.2, 0.25) is 0 Å². The van der Waals surface area contributed by atoms with Crippen LogP contribution in [0.1, 0.15) is 26.7 Å². The number of nitrogens with two attached hydrogens (primary N) is 1. The van der Waals surface area contributed by atoms with Gasteiger partial charge in [0.25, 0.3) is 0 Å². The Morgan fingerprint density at radius 2 is 1.86 bits per heavy atom. The molecule has 0 spiro atoms. The molecule has 0 saturated carbocycles. The Morgan fingerprint density at radius 3 is 2.33 bits per heavy atom. The number of piperidine rings is 1. The summed E-state index contributed by atoms with van der Waals surface area (Å²) in [5, 5.41) is 0. The quantitative estimate of drug-likeness (QED) is 0.865. The van der Waals surface area contributed by atoms with E-state index in [-0.39, 0.29) is 6.04 Å². The standard InChI is InChI=1S/C15H25N3O2S/c1-3-17-21(19,20)15-6-4-14(5-7-15)18-10-8-13(9-11-18)12(2)16/h4-7,12-13,17H,3,8-11,16H2,1-2H3. The van der Waals surface area contributed by atoms with Crippen LogP contribution in [0.3, 0.4) is 0 Å². The van der Waals surface area contributed by atoms with Crippen molar-refractivity contribution in [1.82, 2.24) is 4.72 Å². The minimum atomic E-state index is -3.36. The van der Waals surface area contributed by atoms with Crippen LogP contribution in [0.4, 0.5) is 5.69 Å². The Bertz CT molecular complexity index is 547. The first-order valence-corrected chi connectivity index (χ1v) is 9.02. The van der Waals surface area contributed by atoms with E-state index in [9.17, 15) is 8.42 Å². The largest absolute Gasteiger partial charge is 0.372 e. The zero-order chi connectivity index (χ0) is 15.5. The molecule has 0 radical (unpaired) electrons. The summed E-state index contributed by atoms with van der Waals surface area (Å²) in [6.07, 6.45) is 2.18. The lowest BCUT2D eigenvalue weighted by Gasteiger charge is -2.35. The lowest BCUT2D eigenvalue weighted by Crippen LogP contribution is -2.39. The summed E-state index contributed by atoms with van der Waals surface area (Å²) in [6.45, 7) is 6.20. The van der Waals surface area contributed by atoms with Gasteiger partial charge >= 0.3 is 0 Å². The van der Waals surface area contributed by atoms with Crippen molar-refractivity contribution in [1.29, 1.82) is 0 Å². The van der Waals surface area contributed by atoms with E-state index in [0.717, 1.165) is 31.6 Å². The molecule has 0 bridgehead atoms. The summed E-state index contributed by atoms with van der Waals surface area (Å²) in [5.41, 5.74) is 7.03. The van der Waals surface area contributed by atoms with Gasteiger partial charge in [-0.25, -0.2) is 13.1 Å². The van der Waals surface area contributed by atoms with Gasteiger partial charge in [0.05, 0.1) is 4.90 Å². The average Bonchev–Trinajstić information content (AvgIpc) is 2.47. The van der Waals surface area contributed by atoms with Crippen molar-refractivity contribution in [2.75, 3.05) is 24.5 Å². The van der Waals surface area contributed by atoms with Gasteiger partial charge in [0.2, 0.25) is 10.0 Å². The van der Waals surface area contributed by atoms with E-state index in [4.69, 9.17) is 5.73 Å². The van der Waals surface area contributed by atoms with Crippen LogP contribution >= 0.6 is 0 Å². The second-order valence-electron chi connectivity index (χ2n) is 5.68. The van der Waals surface area contributed by atoms with E-state index < -0.39 is 10.0 Å². The fourth-order valence-corrected chi connectivity index (χ4v) is 3.83. The smallest absolute Gasteiger partial charge is 0.240 e. The molecule has 0 amide bonds. The van der Waals surface area contributed by atoms with Gasteiger partial charge in [0, 0.05) is 31.4 Å². The molecule has 1 unspecified atom stereocenters. The Balaban J connectivity index is 2.04. The van der Waals surface area contributed by atoms with Gasteiger partial charge < -0.3 is 10.6 Å². The molecule has 1 atom stereocenters. The maximum atomic E-state index is 11.9. The molecule has 1 aromatic carbocycles. The van der Waals surface area contributed by atoms with Crippen molar-refractivity contribution < 1.29 is 8.42 Å².